The lowest BCUT2D eigenvalue weighted by Crippen LogP contribution is -2.48. The number of methoxy groups -OCH3 is 1. The quantitative estimate of drug-likeness (QED) is 0.806. The highest BCUT2D eigenvalue weighted by molar-refractivity contribution is 7.14. The number of likely N-dealkylation sites (tertiary alicyclic amines) is 1. The van der Waals surface area contributed by atoms with Crippen molar-refractivity contribution in [2.75, 3.05) is 13.7 Å². The van der Waals surface area contributed by atoms with Crippen LogP contribution in [0.15, 0.2) is 6.07 Å². The summed E-state index contributed by atoms with van der Waals surface area (Å²) in [6.07, 6.45) is 3.55. The standard InChI is InChI=1S/C15H21NO3S/c1-4-12-10(2)9-13(20-12)14(17)16-8-6-5-7-11(16)15(18)19-3/h9,11H,4-8H2,1-3H3/t11-/m0/s1. The van der Waals surface area contributed by atoms with Gasteiger partial charge >= 0.3 is 5.97 Å². The van der Waals surface area contributed by atoms with Gasteiger partial charge in [0.05, 0.1) is 12.0 Å². The Kier molecular flexibility index (Phi) is 4.81. The van der Waals surface area contributed by atoms with Crippen LogP contribution in [0.5, 0.6) is 0 Å². The molecule has 0 bridgehead atoms. The summed E-state index contributed by atoms with van der Waals surface area (Å²) in [6, 6.07) is 1.52. The fourth-order valence-electron chi connectivity index (χ4n) is 2.67. The van der Waals surface area contributed by atoms with Gasteiger partial charge in [-0.15, -0.1) is 11.3 Å². The molecule has 1 saturated heterocycles. The van der Waals surface area contributed by atoms with Gasteiger partial charge in [-0.25, -0.2) is 4.79 Å². The Morgan fingerprint density at radius 3 is 2.80 bits per heavy atom. The summed E-state index contributed by atoms with van der Waals surface area (Å²) in [5.74, 6) is -0.338. The molecule has 5 heteroatoms. The molecule has 2 rings (SSSR count). The topological polar surface area (TPSA) is 46.6 Å². The maximum atomic E-state index is 12.6. The summed E-state index contributed by atoms with van der Waals surface area (Å²) in [6.45, 7) is 4.75. The molecule has 0 aromatic carbocycles. The Morgan fingerprint density at radius 2 is 2.20 bits per heavy atom. The van der Waals surface area contributed by atoms with E-state index < -0.39 is 6.04 Å². The molecular weight excluding hydrogens is 274 g/mol. The number of aryl methyl sites for hydroxylation is 2. The molecule has 4 nitrogen and oxygen atoms in total. The zero-order chi connectivity index (χ0) is 14.7. The molecule has 1 fully saturated rings. The van der Waals surface area contributed by atoms with Crippen molar-refractivity contribution in [3.05, 3.63) is 21.4 Å². The number of ether oxygens (including phenoxy) is 1. The number of thiophene rings is 1. The fourth-order valence-corrected chi connectivity index (χ4v) is 3.74. The fraction of sp³-hybridized carbons (Fsp3) is 0.600. The predicted octanol–water partition coefficient (Wildman–Crippen LogP) is 2.79. The number of hydrogen-bond donors (Lipinski definition) is 0. The summed E-state index contributed by atoms with van der Waals surface area (Å²) in [7, 11) is 1.38. The average Bonchev–Trinajstić information content (AvgIpc) is 2.86. The summed E-state index contributed by atoms with van der Waals surface area (Å²) < 4.78 is 4.83. The molecular formula is C15H21NO3S. The zero-order valence-electron chi connectivity index (χ0n) is 12.3. The van der Waals surface area contributed by atoms with Gasteiger partial charge in [-0.1, -0.05) is 6.92 Å². The Bertz CT molecular complexity index is 509. The summed E-state index contributed by atoms with van der Waals surface area (Å²) in [4.78, 5) is 28.1. The largest absolute Gasteiger partial charge is 0.467 e. The SMILES string of the molecule is CCc1sc(C(=O)N2CCCC[C@H]2C(=O)OC)cc1C. The smallest absolute Gasteiger partial charge is 0.328 e. The predicted molar refractivity (Wildman–Crippen MR) is 79.1 cm³/mol. The van der Waals surface area contributed by atoms with Crippen molar-refractivity contribution in [2.24, 2.45) is 0 Å². The van der Waals surface area contributed by atoms with Crippen molar-refractivity contribution in [1.29, 1.82) is 0 Å². The third-order valence-corrected chi connectivity index (χ3v) is 5.16. The van der Waals surface area contributed by atoms with Crippen molar-refractivity contribution < 1.29 is 14.3 Å². The van der Waals surface area contributed by atoms with Gasteiger partial charge in [0.1, 0.15) is 6.04 Å². The van der Waals surface area contributed by atoms with E-state index in [9.17, 15) is 9.59 Å². The van der Waals surface area contributed by atoms with Gasteiger partial charge in [-0.2, -0.15) is 0 Å². The lowest BCUT2D eigenvalue weighted by Gasteiger charge is -2.33. The second-order valence-corrected chi connectivity index (χ2v) is 6.24. The summed E-state index contributed by atoms with van der Waals surface area (Å²) in [5.41, 5.74) is 1.16. The van der Waals surface area contributed by atoms with E-state index in [2.05, 4.69) is 6.92 Å². The molecule has 1 aliphatic rings. The molecule has 0 N–H and O–H groups in total. The zero-order valence-corrected chi connectivity index (χ0v) is 13.1. The Balaban J connectivity index is 2.22. The molecule has 1 aromatic rings. The van der Waals surface area contributed by atoms with Crippen LogP contribution in [0.4, 0.5) is 0 Å². The molecule has 0 aliphatic carbocycles. The summed E-state index contributed by atoms with van der Waals surface area (Å²) in [5, 5.41) is 0. The maximum Gasteiger partial charge on any atom is 0.328 e. The first-order chi connectivity index (χ1) is 9.58. The Morgan fingerprint density at radius 1 is 1.45 bits per heavy atom. The van der Waals surface area contributed by atoms with E-state index in [4.69, 9.17) is 4.74 Å². The highest BCUT2D eigenvalue weighted by Gasteiger charge is 2.34. The molecule has 0 unspecified atom stereocenters. The van der Waals surface area contributed by atoms with E-state index in [1.165, 1.54) is 23.3 Å². The van der Waals surface area contributed by atoms with Gasteiger partial charge in [0.2, 0.25) is 0 Å². The average molecular weight is 295 g/mol. The molecule has 0 spiro atoms. The third-order valence-electron chi connectivity index (χ3n) is 3.79. The van der Waals surface area contributed by atoms with E-state index in [1.807, 2.05) is 13.0 Å². The first-order valence-corrected chi connectivity index (χ1v) is 7.88. The lowest BCUT2D eigenvalue weighted by atomic mass is 10.0. The number of piperidine rings is 1. The van der Waals surface area contributed by atoms with E-state index in [-0.39, 0.29) is 11.9 Å². The van der Waals surface area contributed by atoms with Crippen molar-refractivity contribution in [3.8, 4) is 0 Å². The highest BCUT2D eigenvalue weighted by atomic mass is 32.1. The van der Waals surface area contributed by atoms with Crippen LogP contribution < -0.4 is 0 Å². The molecule has 2 heterocycles. The first-order valence-electron chi connectivity index (χ1n) is 7.06. The Labute approximate surface area is 123 Å². The van der Waals surface area contributed by atoms with E-state index in [0.29, 0.717) is 13.0 Å². The van der Waals surface area contributed by atoms with Crippen molar-refractivity contribution in [3.63, 3.8) is 0 Å². The van der Waals surface area contributed by atoms with E-state index >= 15 is 0 Å². The van der Waals surface area contributed by atoms with Crippen LogP contribution in [0, 0.1) is 6.92 Å². The number of hydrogen-bond acceptors (Lipinski definition) is 4. The lowest BCUT2D eigenvalue weighted by molar-refractivity contribution is -0.147. The van der Waals surface area contributed by atoms with Crippen LogP contribution in [0.2, 0.25) is 0 Å². The molecule has 0 saturated carbocycles. The minimum atomic E-state index is -0.422. The molecule has 110 valence electrons. The third kappa shape index (κ3) is 2.87. The molecule has 1 aromatic heterocycles. The highest BCUT2D eigenvalue weighted by Crippen LogP contribution is 2.27. The molecule has 1 atom stereocenters. The first kappa shape index (κ1) is 15.0. The van der Waals surface area contributed by atoms with Gasteiger partial charge in [-0.3, -0.25) is 4.79 Å². The van der Waals surface area contributed by atoms with Crippen molar-refractivity contribution in [2.45, 2.75) is 45.6 Å². The summed E-state index contributed by atoms with van der Waals surface area (Å²) >= 11 is 1.54. The van der Waals surface area contributed by atoms with Crippen LogP contribution in [0.25, 0.3) is 0 Å². The molecule has 0 radical (unpaired) electrons. The monoisotopic (exact) mass is 295 g/mol. The molecule has 1 aliphatic heterocycles. The minimum absolute atomic E-state index is 0.0344. The maximum absolute atomic E-state index is 12.6. The van der Waals surface area contributed by atoms with Gasteiger partial charge < -0.3 is 9.64 Å². The van der Waals surface area contributed by atoms with E-state index in [1.54, 1.807) is 4.90 Å². The van der Waals surface area contributed by atoms with Crippen LogP contribution in [-0.4, -0.2) is 36.5 Å². The number of amides is 1. The second-order valence-electron chi connectivity index (χ2n) is 5.10. The number of rotatable bonds is 3. The molecule has 20 heavy (non-hydrogen) atoms. The van der Waals surface area contributed by atoms with Gasteiger partial charge in [0, 0.05) is 11.4 Å². The van der Waals surface area contributed by atoms with Crippen molar-refractivity contribution >= 4 is 23.2 Å². The van der Waals surface area contributed by atoms with Crippen LogP contribution in [-0.2, 0) is 16.0 Å². The molecule has 1 amide bonds. The van der Waals surface area contributed by atoms with Gasteiger partial charge in [0.15, 0.2) is 0 Å². The van der Waals surface area contributed by atoms with E-state index in [0.717, 1.165) is 29.7 Å². The normalized spacial score (nSPS) is 18.9. The minimum Gasteiger partial charge on any atom is -0.467 e. The number of carbonyl (C=O) groups excluding carboxylic acids is 2. The van der Waals surface area contributed by atoms with Crippen LogP contribution in [0.1, 0.15) is 46.3 Å². The number of nitrogens with zero attached hydrogens (tertiary/aromatic N) is 1. The van der Waals surface area contributed by atoms with Crippen molar-refractivity contribution in [1.82, 2.24) is 4.90 Å². The van der Waals surface area contributed by atoms with Gasteiger partial charge in [0.25, 0.3) is 5.91 Å². The Hall–Kier alpha value is -1.36. The second kappa shape index (κ2) is 6.39. The van der Waals surface area contributed by atoms with Crippen LogP contribution in [0.3, 0.4) is 0 Å². The van der Waals surface area contributed by atoms with Gasteiger partial charge in [-0.05, 0) is 44.2 Å². The number of carbonyl (C=O) groups is 2. The number of esters is 1. The van der Waals surface area contributed by atoms with Crippen LogP contribution >= 0.6 is 11.3 Å².